The van der Waals surface area contributed by atoms with Gasteiger partial charge in [0.1, 0.15) is 16.4 Å². The summed E-state index contributed by atoms with van der Waals surface area (Å²) in [6.07, 6.45) is 6.40. The molecule has 1 atom stereocenters. The van der Waals surface area contributed by atoms with Gasteiger partial charge in [0.25, 0.3) is 11.3 Å². The number of aromatic nitrogens is 1. The first-order chi connectivity index (χ1) is 16.0. The summed E-state index contributed by atoms with van der Waals surface area (Å²) in [5, 5.41) is 2.48. The average Bonchev–Trinajstić information content (AvgIpc) is 3.34. The van der Waals surface area contributed by atoms with Crippen LogP contribution < -0.4 is 9.04 Å². The largest absolute Gasteiger partial charge is 0.495 e. The van der Waals surface area contributed by atoms with Crippen molar-refractivity contribution in [3.05, 3.63) is 59.0 Å². The highest BCUT2D eigenvalue weighted by atomic mass is 32.2. The zero-order valence-corrected chi connectivity index (χ0v) is 20.2. The van der Waals surface area contributed by atoms with Gasteiger partial charge in [-0.1, -0.05) is 43.5 Å². The minimum Gasteiger partial charge on any atom is -0.495 e. The molecule has 0 spiro atoms. The summed E-state index contributed by atoms with van der Waals surface area (Å²) in [6.45, 7) is 0. The topological polar surface area (TPSA) is 89.0 Å². The molecule has 1 fully saturated rings. The molecular weight excluding hydrogens is 460 g/mol. The van der Waals surface area contributed by atoms with E-state index in [1.807, 2.05) is 0 Å². The summed E-state index contributed by atoms with van der Waals surface area (Å²) < 4.78 is 33.6. The molecule has 0 aliphatic heterocycles. The fourth-order valence-corrected chi connectivity index (χ4v) is 5.64. The Morgan fingerprint density at radius 2 is 1.85 bits per heavy atom. The fourth-order valence-electron chi connectivity index (χ4n) is 4.20. The van der Waals surface area contributed by atoms with Gasteiger partial charge in [0.15, 0.2) is 5.82 Å². The van der Waals surface area contributed by atoms with Crippen LogP contribution in [0.2, 0.25) is 0 Å². The Morgan fingerprint density at radius 3 is 2.48 bits per heavy atom. The van der Waals surface area contributed by atoms with Gasteiger partial charge in [-0.25, -0.2) is 18.3 Å². The van der Waals surface area contributed by atoms with Crippen molar-refractivity contribution in [1.29, 1.82) is 0 Å². The number of anilines is 2. The van der Waals surface area contributed by atoms with Crippen molar-refractivity contribution in [2.45, 2.75) is 38.0 Å². The molecule has 9 heteroatoms. The van der Waals surface area contributed by atoms with Crippen LogP contribution in [-0.4, -0.2) is 33.9 Å². The molecule has 1 saturated carbocycles. The van der Waals surface area contributed by atoms with Crippen LogP contribution in [0.15, 0.2) is 47.8 Å². The molecule has 1 unspecified atom stereocenters. The molecule has 33 heavy (non-hydrogen) atoms. The Kier molecular flexibility index (Phi) is 7.42. The zero-order valence-electron chi connectivity index (χ0n) is 18.5. The molecule has 1 aromatic heterocycles. The number of rotatable bonds is 7. The van der Waals surface area contributed by atoms with E-state index >= 15 is 0 Å². The number of nitrogens with zero attached hydrogens (tertiary/aromatic N) is 2. The van der Waals surface area contributed by atoms with E-state index in [1.165, 1.54) is 81.4 Å². The van der Waals surface area contributed by atoms with E-state index in [4.69, 9.17) is 9.47 Å². The van der Waals surface area contributed by atoms with Gasteiger partial charge in [-0.2, -0.15) is 0 Å². The monoisotopic (exact) mass is 486 g/mol. The molecule has 0 bridgehead atoms. The number of benzene rings is 2. The highest BCUT2D eigenvalue weighted by Crippen LogP contribution is 2.38. The molecule has 7 nitrogen and oxygen atoms in total. The third-order valence-electron chi connectivity index (χ3n) is 5.91. The van der Waals surface area contributed by atoms with Crippen LogP contribution in [0.5, 0.6) is 5.75 Å². The number of esters is 1. The molecule has 1 aliphatic rings. The number of methoxy groups -OCH3 is 2. The molecule has 4 rings (SSSR count). The molecule has 174 valence electrons. The Labute approximate surface area is 199 Å². The van der Waals surface area contributed by atoms with Crippen molar-refractivity contribution in [3.8, 4) is 16.3 Å². The van der Waals surface area contributed by atoms with Gasteiger partial charge in [0.05, 0.1) is 19.8 Å². The van der Waals surface area contributed by atoms with Crippen molar-refractivity contribution in [1.82, 2.24) is 4.98 Å². The third-order valence-corrected chi connectivity index (χ3v) is 7.49. The molecule has 0 radical (unpaired) electrons. The Balaban J connectivity index is 1.61. The summed E-state index contributed by atoms with van der Waals surface area (Å²) in [5.74, 6) is 0.680. The lowest BCUT2D eigenvalue weighted by Gasteiger charge is -2.22. The van der Waals surface area contributed by atoms with E-state index in [0.29, 0.717) is 17.4 Å². The Bertz CT molecular complexity index is 1140. The maximum atomic E-state index is 12.3. The van der Waals surface area contributed by atoms with E-state index in [1.54, 1.807) is 5.38 Å². The number of hydrogen-bond donors (Lipinski definition) is 1. The highest BCUT2D eigenvalue weighted by Gasteiger charge is 2.24. The van der Waals surface area contributed by atoms with E-state index in [9.17, 15) is 13.6 Å². The lowest BCUT2D eigenvalue weighted by molar-refractivity contribution is 0.0600. The molecule has 2 aromatic carbocycles. The van der Waals surface area contributed by atoms with Gasteiger partial charge in [0, 0.05) is 10.9 Å². The summed E-state index contributed by atoms with van der Waals surface area (Å²) in [5.41, 5.74) is 2.92. The van der Waals surface area contributed by atoms with E-state index in [-0.39, 0.29) is 11.3 Å². The Hall–Kier alpha value is -2.75. The van der Waals surface area contributed by atoms with E-state index < -0.39 is 17.2 Å². The summed E-state index contributed by atoms with van der Waals surface area (Å²) in [6, 6.07) is 13.0. The number of hydrogen-bond acceptors (Lipinski definition) is 6. The molecule has 1 heterocycles. The molecule has 0 saturated heterocycles. The van der Waals surface area contributed by atoms with Crippen molar-refractivity contribution in [3.63, 3.8) is 0 Å². The lowest BCUT2D eigenvalue weighted by Crippen LogP contribution is -2.20. The van der Waals surface area contributed by atoms with Crippen molar-refractivity contribution < 1.29 is 23.0 Å². The average molecular weight is 487 g/mol. The van der Waals surface area contributed by atoms with Crippen molar-refractivity contribution >= 4 is 40.1 Å². The second kappa shape index (κ2) is 10.5. The summed E-state index contributed by atoms with van der Waals surface area (Å²) in [7, 11) is 2.72. The second-order valence-corrected chi connectivity index (χ2v) is 9.56. The van der Waals surface area contributed by atoms with Crippen LogP contribution in [0.1, 0.15) is 53.9 Å². The highest BCUT2D eigenvalue weighted by molar-refractivity contribution is 7.81. The standard InChI is InChI=1S/C24H26N2O5S2/c1-30-21-14-19(24(27)31-2)12-13-20(21)26(33(28)29)22-15-32-23(25-22)18-10-8-17(9-11-18)16-6-4-3-5-7-16/h8-16H,3-7H2,1-2H3,(H,28,29). The predicted molar refractivity (Wildman–Crippen MR) is 131 cm³/mol. The third kappa shape index (κ3) is 5.10. The van der Waals surface area contributed by atoms with Crippen LogP contribution >= 0.6 is 11.3 Å². The molecular formula is C24H26N2O5S2. The molecule has 1 N–H and O–H groups in total. The van der Waals surface area contributed by atoms with Gasteiger partial charge < -0.3 is 9.47 Å². The SMILES string of the molecule is COC(=O)c1ccc(N(c2csc(-c3ccc(C4CCCCC4)cc3)n2)S(=O)O)c(OC)c1. The normalized spacial score (nSPS) is 15.1. The smallest absolute Gasteiger partial charge is 0.337 e. The van der Waals surface area contributed by atoms with Gasteiger partial charge in [-0.15, -0.1) is 11.3 Å². The first-order valence-corrected chi connectivity index (χ1v) is 12.7. The Morgan fingerprint density at radius 1 is 1.12 bits per heavy atom. The first-order valence-electron chi connectivity index (χ1n) is 10.7. The van der Waals surface area contributed by atoms with Gasteiger partial charge >= 0.3 is 5.97 Å². The number of ether oxygens (including phenoxy) is 2. The predicted octanol–water partition coefficient (Wildman–Crippen LogP) is 5.93. The minimum atomic E-state index is -2.41. The quantitative estimate of drug-likeness (QED) is 0.329. The number of carbonyl (C=O) groups is 1. The van der Waals surface area contributed by atoms with E-state index in [2.05, 4.69) is 29.2 Å². The van der Waals surface area contributed by atoms with Gasteiger partial charge in [-0.3, -0.25) is 4.55 Å². The molecule has 1 aliphatic carbocycles. The second-order valence-electron chi connectivity index (χ2n) is 7.87. The summed E-state index contributed by atoms with van der Waals surface area (Å²) >= 11 is -1.01. The van der Waals surface area contributed by atoms with Crippen LogP contribution in [0.25, 0.3) is 10.6 Å². The first kappa shape index (κ1) is 23.4. The zero-order chi connectivity index (χ0) is 23.4. The van der Waals surface area contributed by atoms with Crippen LogP contribution in [0, 0.1) is 0 Å². The molecule has 3 aromatic rings. The van der Waals surface area contributed by atoms with Crippen LogP contribution in [-0.2, 0) is 16.0 Å². The fraction of sp³-hybridized carbons (Fsp3) is 0.333. The van der Waals surface area contributed by atoms with Gasteiger partial charge in [-0.05, 0) is 42.5 Å². The van der Waals surface area contributed by atoms with Gasteiger partial charge in [0.2, 0.25) is 0 Å². The van der Waals surface area contributed by atoms with Crippen molar-refractivity contribution in [2.75, 3.05) is 18.5 Å². The molecule has 0 amide bonds. The van der Waals surface area contributed by atoms with Crippen LogP contribution in [0.3, 0.4) is 0 Å². The van der Waals surface area contributed by atoms with E-state index in [0.717, 1.165) is 14.9 Å². The minimum absolute atomic E-state index is 0.256. The summed E-state index contributed by atoms with van der Waals surface area (Å²) in [4.78, 5) is 16.5. The number of thiazole rings is 1. The number of carbonyl (C=O) groups excluding carboxylic acids is 1. The van der Waals surface area contributed by atoms with Crippen LogP contribution in [0.4, 0.5) is 11.5 Å². The maximum absolute atomic E-state index is 12.3. The van der Waals surface area contributed by atoms with Crippen molar-refractivity contribution in [2.24, 2.45) is 0 Å². The lowest BCUT2D eigenvalue weighted by atomic mass is 9.84. The maximum Gasteiger partial charge on any atom is 0.337 e.